The molecule has 2 N–H and O–H groups in total. The number of hydrogen-bond acceptors (Lipinski definition) is 2. The van der Waals surface area contributed by atoms with Crippen molar-refractivity contribution in [3.8, 4) is 0 Å². The summed E-state index contributed by atoms with van der Waals surface area (Å²) in [7, 11) is 0. The Balaban J connectivity index is 2.37. The summed E-state index contributed by atoms with van der Waals surface area (Å²) in [5.74, 6) is 0.807. The van der Waals surface area contributed by atoms with Crippen LogP contribution in [0.2, 0.25) is 0 Å². The van der Waals surface area contributed by atoms with Gasteiger partial charge < -0.3 is 10.6 Å². The summed E-state index contributed by atoms with van der Waals surface area (Å²) in [5.41, 5.74) is 2.11. The van der Waals surface area contributed by atoms with Gasteiger partial charge in [-0.1, -0.05) is 39.8 Å². The zero-order valence-corrected chi connectivity index (χ0v) is 12.5. The van der Waals surface area contributed by atoms with Gasteiger partial charge in [-0.15, -0.1) is 0 Å². The number of carbonyl (C=O) groups is 1. The van der Waals surface area contributed by atoms with Crippen LogP contribution < -0.4 is 10.6 Å². The van der Waals surface area contributed by atoms with Gasteiger partial charge in [0.05, 0.1) is 0 Å². The van der Waals surface area contributed by atoms with Crippen molar-refractivity contribution >= 4 is 11.6 Å². The Morgan fingerprint density at radius 3 is 2.26 bits per heavy atom. The minimum atomic E-state index is 0.0115. The fourth-order valence-electron chi connectivity index (χ4n) is 1.62. The van der Waals surface area contributed by atoms with Crippen molar-refractivity contribution in [1.82, 2.24) is 5.32 Å². The first-order chi connectivity index (χ1) is 8.99. The van der Waals surface area contributed by atoms with E-state index >= 15 is 0 Å². The molecule has 0 saturated heterocycles. The average molecular weight is 262 g/mol. The van der Waals surface area contributed by atoms with Crippen LogP contribution in [0.4, 0.5) is 5.69 Å². The maximum Gasteiger partial charge on any atom is 0.226 e. The number of nitrogens with one attached hydrogen (secondary N) is 2. The van der Waals surface area contributed by atoms with Gasteiger partial charge in [0.25, 0.3) is 0 Å². The summed E-state index contributed by atoms with van der Waals surface area (Å²) in [6.07, 6.45) is 1.20. The molecule has 19 heavy (non-hydrogen) atoms. The summed E-state index contributed by atoms with van der Waals surface area (Å²) >= 11 is 0. The Bertz CT molecular complexity index is 382. The maximum atomic E-state index is 11.5. The second-order valence-corrected chi connectivity index (χ2v) is 5.70. The molecule has 0 atom stereocenters. The molecule has 1 rings (SSSR count). The van der Waals surface area contributed by atoms with Crippen LogP contribution in [0.15, 0.2) is 24.3 Å². The average Bonchev–Trinajstić information content (AvgIpc) is 2.36. The zero-order valence-electron chi connectivity index (χ0n) is 12.5. The van der Waals surface area contributed by atoms with Crippen molar-refractivity contribution in [2.75, 3.05) is 11.9 Å². The molecule has 0 saturated carbocycles. The summed E-state index contributed by atoms with van der Waals surface area (Å²) in [5, 5.41) is 6.32. The molecule has 0 aliphatic carbocycles. The third-order valence-corrected chi connectivity index (χ3v) is 2.97. The number of anilines is 1. The lowest BCUT2D eigenvalue weighted by atomic mass is 10.1. The number of amides is 1. The van der Waals surface area contributed by atoms with Crippen LogP contribution in [-0.2, 0) is 11.3 Å². The van der Waals surface area contributed by atoms with Gasteiger partial charge in [0.15, 0.2) is 0 Å². The minimum absolute atomic E-state index is 0.0115. The van der Waals surface area contributed by atoms with Crippen LogP contribution in [0.25, 0.3) is 0 Å². The molecule has 1 aromatic carbocycles. The molecule has 0 aromatic heterocycles. The van der Waals surface area contributed by atoms with Crippen LogP contribution in [0.3, 0.4) is 0 Å². The van der Waals surface area contributed by atoms with Crippen molar-refractivity contribution in [3.05, 3.63) is 29.8 Å². The van der Waals surface area contributed by atoms with Gasteiger partial charge in [-0.3, -0.25) is 4.79 Å². The van der Waals surface area contributed by atoms with Gasteiger partial charge >= 0.3 is 0 Å². The highest BCUT2D eigenvalue weighted by Crippen LogP contribution is 2.11. The predicted molar refractivity (Wildman–Crippen MR) is 81.1 cm³/mol. The van der Waals surface area contributed by atoms with E-state index in [2.05, 4.69) is 36.6 Å². The van der Waals surface area contributed by atoms with Crippen molar-refractivity contribution < 1.29 is 4.79 Å². The van der Waals surface area contributed by atoms with Crippen molar-refractivity contribution in [3.63, 3.8) is 0 Å². The second kappa shape index (κ2) is 7.95. The van der Waals surface area contributed by atoms with Crippen molar-refractivity contribution in [2.45, 2.75) is 40.7 Å². The fourth-order valence-corrected chi connectivity index (χ4v) is 1.62. The molecule has 1 amide bonds. The predicted octanol–water partition coefficient (Wildman–Crippen LogP) is 3.42. The molecular weight excluding hydrogens is 236 g/mol. The highest BCUT2D eigenvalue weighted by atomic mass is 16.1. The highest BCUT2D eigenvalue weighted by Gasteiger charge is 2.06. The van der Waals surface area contributed by atoms with Gasteiger partial charge in [0, 0.05) is 18.2 Å². The first-order valence-electron chi connectivity index (χ1n) is 7.09. The number of carbonyl (C=O) groups excluding carboxylic acids is 1. The van der Waals surface area contributed by atoms with Crippen molar-refractivity contribution in [2.24, 2.45) is 11.8 Å². The molecule has 0 unspecified atom stereocenters. The molecule has 0 heterocycles. The molecule has 3 nitrogen and oxygen atoms in total. The van der Waals surface area contributed by atoms with Gasteiger partial charge in [-0.25, -0.2) is 0 Å². The zero-order chi connectivity index (χ0) is 14.3. The number of benzene rings is 1. The molecular formula is C16H26N2O. The Morgan fingerprint density at radius 1 is 1.11 bits per heavy atom. The molecule has 1 aromatic rings. The Hall–Kier alpha value is -1.35. The molecule has 3 heteroatoms. The van der Waals surface area contributed by atoms with Gasteiger partial charge in [-0.2, -0.15) is 0 Å². The van der Waals surface area contributed by atoms with Crippen LogP contribution in [0.1, 0.15) is 39.7 Å². The Labute approximate surface area is 116 Å². The van der Waals surface area contributed by atoms with E-state index in [1.54, 1.807) is 0 Å². The first kappa shape index (κ1) is 15.7. The summed E-state index contributed by atoms with van der Waals surface area (Å²) < 4.78 is 0. The van der Waals surface area contributed by atoms with E-state index in [9.17, 15) is 4.79 Å². The molecule has 0 spiro atoms. The molecule has 0 aliphatic rings. The number of hydrogen-bond donors (Lipinski definition) is 2. The molecule has 0 aliphatic heterocycles. The fraction of sp³-hybridized carbons (Fsp3) is 0.562. The van der Waals surface area contributed by atoms with Crippen LogP contribution in [0.5, 0.6) is 0 Å². The van der Waals surface area contributed by atoms with E-state index in [1.807, 2.05) is 26.0 Å². The summed E-state index contributed by atoms with van der Waals surface area (Å²) in [6, 6.07) is 8.02. The highest BCUT2D eigenvalue weighted by molar-refractivity contribution is 5.91. The lowest BCUT2D eigenvalue weighted by Crippen LogP contribution is -2.18. The van der Waals surface area contributed by atoms with Gasteiger partial charge in [-0.05, 0) is 36.6 Å². The topological polar surface area (TPSA) is 41.1 Å². The second-order valence-electron chi connectivity index (χ2n) is 5.70. The molecule has 0 radical (unpaired) electrons. The molecule has 106 valence electrons. The van der Waals surface area contributed by atoms with Crippen LogP contribution >= 0.6 is 0 Å². The Morgan fingerprint density at radius 2 is 1.74 bits per heavy atom. The van der Waals surface area contributed by atoms with Gasteiger partial charge in [0.2, 0.25) is 5.91 Å². The van der Waals surface area contributed by atoms with E-state index in [4.69, 9.17) is 0 Å². The standard InChI is InChI=1S/C16H26N2O/c1-12(2)9-10-17-11-14-5-7-15(8-6-14)18-16(19)13(3)4/h5-8,12-13,17H,9-11H2,1-4H3,(H,18,19). The third-order valence-electron chi connectivity index (χ3n) is 2.97. The summed E-state index contributed by atoms with van der Waals surface area (Å²) in [6.45, 7) is 10.2. The first-order valence-corrected chi connectivity index (χ1v) is 7.09. The lowest BCUT2D eigenvalue weighted by Gasteiger charge is -2.09. The minimum Gasteiger partial charge on any atom is -0.326 e. The third kappa shape index (κ3) is 6.39. The van der Waals surface area contributed by atoms with Crippen LogP contribution in [-0.4, -0.2) is 12.5 Å². The SMILES string of the molecule is CC(C)CCNCc1ccc(NC(=O)C(C)C)cc1. The largest absolute Gasteiger partial charge is 0.326 e. The van der Waals surface area contributed by atoms with E-state index in [-0.39, 0.29) is 11.8 Å². The quantitative estimate of drug-likeness (QED) is 0.739. The van der Waals surface area contributed by atoms with E-state index in [0.29, 0.717) is 0 Å². The van der Waals surface area contributed by atoms with E-state index < -0.39 is 0 Å². The van der Waals surface area contributed by atoms with Gasteiger partial charge in [0.1, 0.15) is 0 Å². The summed E-state index contributed by atoms with van der Waals surface area (Å²) in [4.78, 5) is 11.5. The smallest absolute Gasteiger partial charge is 0.226 e. The Kier molecular flexibility index (Phi) is 6.57. The molecule has 0 fully saturated rings. The normalized spacial score (nSPS) is 11.1. The molecule has 0 bridgehead atoms. The van der Waals surface area contributed by atoms with E-state index in [1.165, 1.54) is 12.0 Å². The maximum absolute atomic E-state index is 11.5. The monoisotopic (exact) mass is 262 g/mol. The van der Waals surface area contributed by atoms with Crippen molar-refractivity contribution in [1.29, 1.82) is 0 Å². The lowest BCUT2D eigenvalue weighted by molar-refractivity contribution is -0.118. The number of rotatable bonds is 7. The van der Waals surface area contributed by atoms with Crippen LogP contribution in [0, 0.1) is 11.8 Å². The van der Waals surface area contributed by atoms with E-state index in [0.717, 1.165) is 24.7 Å².